The zero-order valence-electron chi connectivity index (χ0n) is 13.2. The van der Waals surface area contributed by atoms with E-state index in [-0.39, 0.29) is 0 Å². The van der Waals surface area contributed by atoms with Gasteiger partial charge in [0.15, 0.2) is 5.58 Å². The summed E-state index contributed by atoms with van der Waals surface area (Å²) in [5.41, 5.74) is 7.69. The molecule has 5 heteroatoms. The van der Waals surface area contributed by atoms with Gasteiger partial charge in [0.25, 0.3) is 0 Å². The van der Waals surface area contributed by atoms with Crippen molar-refractivity contribution in [1.82, 2.24) is 4.98 Å². The van der Waals surface area contributed by atoms with Crippen molar-refractivity contribution in [3.63, 3.8) is 0 Å². The van der Waals surface area contributed by atoms with Crippen LogP contribution in [0.25, 0.3) is 22.6 Å². The fourth-order valence-corrected chi connectivity index (χ4v) is 2.49. The summed E-state index contributed by atoms with van der Waals surface area (Å²) in [5, 5.41) is 0. The summed E-state index contributed by atoms with van der Waals surface area (Å²) in [6.07, 6.45) is 0. The van der Waals surface area contributed by atoms with E-state index in [1.54, 1.807) is 18.2 Å². The summed E-state index contributed by atoms with van der Waals surface area (Å²) in [4.78, 5) is 15.7. The molecule has 0 unspecified atom stereocenters. The lowest BCUT2D eigenvalue weighted by molar-refractivity contribution is 0.100. The lowest BCUT2D eigenvalue weighted by atomic mass is 10.2. The predicted octanol–water partition coefficient (Wildman–Crippen LogP) is 4.39. The highest BCUT2D eigenvalue weighted by Gasteiger charge is 2.10. The van der Waals surface area contributed by atoms with Crippen LogP contribution in [-0.4, -0.2) is 10.9 Å². The van der Waals surface area contributed by atoms with E-state index < -0.39 is 5.91 Å². The highest BCUT2D eigenvalue weighted by Crippen LogP contribution is 2.28. The van der Waals surface area contributed by atoms with Gasteiger partial charge in [-0.05, 0) is 54.6 Å². The van der Waals surface area contributed by atoms with Crippen LogP contribution in [0.5, 0.6) is 11.5 Å². The van der Waals surface area contributed by atoms with Crippen molar-refractivity contribution < 1.29 is 13.9 Å². The summed E-state index contributed by atoms with van der Waals surface area (Å²) in [6.45, 7) is 0. The van der Waals surface area contributed by atoms with Gasteiger partial charge in [-0.3, -0.25) is 4.79 Å². The third-order valence-electron chi connectivity index (χ3n) is 3.75. The van der Waals surface area contributed by atoms with Crippen LogP contribution in [0.3, 0.4) is 0 Å². The quantitative estimate of drug-likeness (QED) is 0.602. The summed E-state index contributed by atoms with van der Waals surface area (Å²) >= 11 is 0. The third-order valence-corrected chi connectivity index (χ3v) is 3.75. The molecule has 1 heterocycles. The Kier molecular flexibility index (Phi) is 3.67. The zero-order chi connectivity index (χ0) is 17.2. The Bertz CT molecular complexity index is 1040. The summed E-state index contributed by atoms with van der Waals surface area (Å²) < 4.78 is 11.5. The van der Waals surface area contributed by atoms with E-state index >= 15 is 0 Å². The Morgan fingerprint density at radius 3 is 2.36 bits per heavy atom. The minimum absolute atomic E-state index is 0.391. The van der Waals surface area contributed by atoms with Gasteiger partial charge in [-0.15, -0.1) is 0 Å². The van der Waals surface area contributed by atoms with E-state index in [0.717, 1.165) is 17.1 Å². The van der Waals surface area contributed by atoms with Gasteiger partial charge in [-0.2, -0.15) is 0 Å². The number of para-hydroxylation sites is 1. The maximum Gasteiger partial charge on any atom is 0.248 e. The maximum absolute atomic E-state index is 11.3. The first-order valence-corrected chi connectivity index (χ1v) is 7.73. The predicted molar refractivity (Wildman–Crippen MR) is 94.5 cm³/mol. The number of oxazole rings is 1. The number of benzene rings is 3. The third kappa shape index (κ3) is 3.07. The van der Waals surface area contributed by atoms with Crippen molar-refractivity contribution in [3.8, 4) is 23.0 Å². The summed E-state index contributed by atoms with van der Waals surface area (Å²) in [7, 11) is 0. The number of carbonyl (C=O) groups excluding carboxylic acids is 1. The topological polar surface area (TPSA) is 78.4 Å². The molecule has 0 spiro atoms. The number of rotatable bonds is 4. The Morgan fingerprint density at radius 2 is 1.64 bits per heavy atom. The van der Waals surface area contributed by atoms with Gasteiger partial charge in [0.1, 0.15) is 17.0 Å². The van der Waals surface area contributed by atoms with Gasteiger partial charge in [-0.25, -0.2) is 4.98 Å². The van der Waals surface area contributed by atoms with Crippen LogP contribution in [0.15, 0.2) is 77.2 Å². The average Bonchev–Trinajstić information content (AvgIpc) is 3.06. The molecule has 25 heavy (non-hydrogen) atoms. The second-order valence-electron chi connectivity index (χ2n) is 5.51. The number of ether oxygens (including phenoxy) is 1. The average molecular weight is 330 g/mol. The molecule has 4 aromatic rings. The zero-order valence-corrected chi connectivity index (χ0v) is 13.2. The van der Waals surface area contributed by atoms with Crippen LogP contribution in [0.2, 0.25) is 0 Å². The van der Waals surface area contributed by atoms with E-state index in [1.165, 1.54) is 0 Å². The molecular formula is C20H14N2O3. The molecule has 1 amide bonds. The van der Waals surface area contributed by atoms with E-state index in [0.29, 0.717) is 22.6 Å². The first-order valence-electron chi connectivity index (χ1n) is 7.73. The molecule has 0 bridgehead atoms. The SMILES string of the molecule is NC(=O)c1ccc2nc(-c3ccc(Oc4ccccc4)cc3)oc2c1. The van der Waals surface area contributed by atoms with Gasteiger partial charge >= 0.3 is 0 Å². The fraction of sp³-hybridized carbons (Fsp3) is 0. The Balaban J connectivity index is 1.61. The lowest BCUT2D eigenvalue weighted by Gasteiger charge is -2.05. The number of aromatic nitrogens is 1. The highest BCUT2D eigenvalue weighted by atomic mass is 16.5. The van der Waals surface area contributed by atoms with Gasteiger partial charge < -0.3 is 14.9 Å². The molecule has 0 aliphatic rings. The molecule has 0 aliphatic heterocycles. The van der Waals surface area contributed by atoms with E-state index in [9.17, 15) is 4.79 Å². The lowest BCUT2D eigenvalue weighted by Crippen LogP contribution is -2.10. The molecule has 3 aromatic carbocycles. The smallest absolute Gasteiger partial charge is 0.248 e. The number of hydrogen-bond donors (Lipinski definition) is 1. The van der Waals surface area contributed by atoms with E-state index in [4.69, 9.17) is 14.9 Å². The van der Waals surface area contributed by atoms with Crippen molar-refractivity contribution in [2.24, 2.45) is 5.73 Å². The number of primary amides is 1. The molecule has 5 nitrogen and oxygen atoms in total. The van der Waals surface area contributed by atoms with Crippen molar-refractivity contribution in [2.45, 2.75) is 0 Å². The standard InChI is InChI=1S/C20H14N2O3/c21-19(23)14-8-11-17-18(12-14)25-20(22-17)13-6-9-16(10-7-13)24-15-4-2-1-3-5-15/h1-12H,(H2,21,23). The van der Waals surface area contributed by atoms with Crippen molar-refractivity contribution >= 4 is 17.0 Å². The molecule has 2 N–H and O–H groups in total. The van der Waals surface area contributed by atoms with Crippen LogP contribution in [0, 0.1) is 0 Å². The van der Waals surface area contributed by atoms with E-state index in [1.807, 2.05) is 54.6 Å². The largest absolute Gasteiger partial charge is 0.457 e. The normalized spacial score (nSPS) is 10.7. The number of hydrogen-bond acceptors (Lipinski definition) is 4. The maximum atomic E-state index is 11.3. The molecule has 0 fully saturated rings. The summed E-state index contributed by atoms with van der Waals surface area (Å²) in [6, 6.07) is 22.0. The van der Waals surface area contributed by atoms with Gasteiger partial charge in [-0.1, -0.05) is 18.2 Å². The molecule has 0 saturated heterocycles. The Morgan fingerprint density at radius 1 is 0.920 bits per heavy atom. The van der Waals surface area contributed by atoms with Crippen LogP contribution in [-0.2, 0) is 0 Å². The van der Waals surface area contributed by atoms with Crippen molar-refractivity contribution in [1.29, 1.82) is 0 Å². The van der Waals surface area contributed by atoms with Crippen molar-refractivity contribution in [3.05, 3.63) is 78.4 Å². The first kappa shape index (κ1) is 15.0. The molecule has 1 aromatic heterocycles. The number of nitrogens with two attached hydrogens (primary N) is 1. The van der Waals surface area contributed by atoms with Crippen LogP contribution in [0.4, 0.5) is 0 Å². The minimum Gasteiger partial charge on any atom is -0.457 e. The Labute approximate surface area is 143 Å². The number of amides is 1. The molecule has 4 rings (SSSR count). The van der Waals surface area contributed by atoms with Crippen LogP contribution in [0.1, 0.15) is 10.4 Å². The van der Waals surface area contributed by atoms with Gasteiger partial charge in [0, 0.05) is 11.1 Å². The Hall–Kier alpha value is -3.60. The second kappa shape index (κ2) is 6.13. The van der Waals surface area contributed by atoms with E-state index in [2.05, 4.69) is 4.98 Å². The number of nitrogens with zero attached hydrogens (tertiary/aromatic N) is 1. The summed E-state index contributed by atoms with van der Waals surface area (Å²) in [5.74, 6) is 1.48. The van der Waals surface area contributed by atoms with Crippen LogP contribution < -0.4 is 10.5 Å². The molecular weight excluding hydrogens is 316 g/mol. The molecule has 122 valence electrons. The van der Waals surface area contributed by atoms with Crippen LogP contribution >= 0.6 is 0 Å². The van der Waals surface area contributed by atoms with Crippen molar-refractivity contribution in [2.75, 3.05) is 0 Å². The minimum atomic E-state index is -0.498. The van der Waals surface area contributed by atoms with Gasteiger partial charge in [0.2, 0.25) is 11.8 Å². The second-order valence-corrected chi connectivity index (χ2v) is 5.51. The fourth-order valence-electron chi connectivity index (χ4n) is 2.49. The van der Waals surface area contributed by atoms with Gasteiger partial charge in [0.05, 0.1) is 0 Å². The monoisotopic (exact) mass is 330 g/mol. The molecule has 0 saturated carbocycles. The molecule has 0 aliphatic carbocycles. The molecule has 0 radical (unpaired) electrons. The first-order chi connectivity index (χ1) is 12.2. The highest BCUT2D eigenvalue weighted by molar-refractivity contribution is 5.96. The molecule has 0 atom stereocenters. The number of carbonyl (C=O) groups is 1. The number of fused-ring (bicyclic) bond motifs is 1.